The van der Waals surface area contributed by atoms with E-state index in [1.165, 1.54) is 19.1 Å². The van der Waals surface area contributed by atoms with Gasteiger partial charge in [0.05, 0.1) is 6.04 Å². The third kappa shape index (κ3) is 5.31. The highest BCUT2D eigenvalue weighted by Gasteiger charge is 2.45. The summed E-state index contributed by atoms with van der Waals surface area (Å²) in [6.07, 6.45) is 5.38. The molecule has 0 aliphatic carbocycles. The Morgan fingerprint density at radius 3 is 2.61 bits per heavy atom. The number of hydrogen-bond acceptors (Lipinski definition) is 6. The van der Waals surface area contributed by atoms with Gasteiger partial charge in [0.25, 0.3) is 0 Å². The zero-order valence-electron chi connectivity index (χ0n) is 20.7. The summed E-state index contributed by atoms with van der Waals surface area (Å²) in [4.78, 5) is 33.5. The quantitative estimate of drug-likeness (QED) is 0.676. The maximum Gasteiger partial charge on any atom is 0.225 e. The summed E-state index contributed by atoms with van der Waals surface area (Å²) >= 11 is 0. The van der Waals surface area contributed by atoms with Crippen LogP contribution in [0, 0.1) is 11.7 Å². The number of benzene rings is 1. The van der Waals surface area contributed by atoms with Crippen molar-refractivity contribution in [2.24, 2.45) is 5.92 Å². The molecule has 3 N–H and O–H groups in total. The van der Waals surface area contributed by atoms with Gasteiger partial charge in [-0.05, 0) is 61.8 Å². The molecular formula is C27H34FN5O3. The van der Waals surface area contributed by atoms with E-state index >= 15 is 0 Å². The number of aromatic nitrogens is 1. The van der Waals surface area contributed by atoms with Crippen molar-refractivity contribution in [3.8, 4) is 5.75 Å². The fourth-order valence-electron chi connectivity index (χ4n) is 5.90. The van der Waals surface area contributed by atoms with Gasteiger partial charge in [0.15, 0.2) is 0 Å². The number of rotatable bonds is 4. The molecule has 2 fully saturated rings. The van der Waals surface area contributed by atoms with Crippen molar-refractivity contribution in [1.82, 2.24) is 20.1 Å². The molecule has 1 spiro atoms. The molecule has 1 unspecified atom stereocenters. The molecule has 0 radical (unpaired) electrons. The van der Waals surface area contributed by atoms with Crippen molar-refractivity contribution in [3.63, 3.8) is 0 Å². The van der Waals surface area contributed by atoms with Crippen LogP contribution >= 0.6 is 0 Å². The molecule has 0 saturated carbocycles. The van der Waals surface area contributed by atoms with Crippen molar-refractivity contribution in [3.05, 3.63) is 53.5 Å². The van der Waals surface area contributed by atoms with Gasteiger partial charge in [0, 0.05) is 63.5 Å². The fourth-order valence-corrected chi connectivity index (χ4v) is 5.90. The first-order valence-corrected chi connectivity index (χ1v) is 12.8. The highest BCUT2D eigenvalue weighted by molar-refractivity contribution is 5.79. The van der Waals surface area contributed by atoms with Gasteiger partial charge >= 0.3 is 0 Å². The second-order valence-electron chi connectivity index (χ2n) is 10.4. The van der Waals surface area contributed by atoms with Crippen LogP contribution in [0.5, 0.6) is 5.75 Å². The Morgan fingerprint density at radius 1 is 1.17 bits per heavy atom. The monoisotopic (exact) mass is 495 g/mol. The van der Waals surface area contributed by atoms with E-state index in [0.717, 1.165) is 38.0 Å². The normalized spacial score (nSPS) is 22.1. The highest BCUT2D eigenvalue weighted by atomic mass is 19.1. The van der Waals surface area contributed by atoms with Crippen molar-refractivity contribution >= 4 is 17.6 Å². The lowest BCUT2D eigenvalue weighted by atomic mass is 9.80. The summed E-state index contributed by atoms with van der Waals surface area (Å²) in [5, 5.41) is 2.97. The number of piperidine rings is 2. The number of nitrogens with two attached hydrogens (primary N) is 1. The molecule has 4 heterocycles. The van der Waals surface area contributed by atoms with Crippen LogP contribution in [0.25, 0.3) is 0 Å². The van der Waals surface area contributed by atoms with Gasteiger partial charge in [0.2, 0.25) is 11.8 Å². The van der Waals surface area contributed by atoms with Gasteiger partial charge in [-0.2, -0.15) is 0 Å². The molecule has 3 aliphatic rings. The van der Waals surface area contributed by atoms with Crippen LogP contribution in [-0.4, -0.2) is 58.4 Å². The van der Waals surface area contributed by atoms with Gasteiger partial charge in [0.1, 0.15) is 23.0 Å². The van der Waals surface area contributed by atoms with Crippen LogP contribution in [-0.2, 0) is 16.1 Å². The minimum absolute atomic E-state index is 0.0425. The van der Waals surface area contributed by atoms with Crippen molar-refractivity contribution < 1.29 is 18.7 Å². The van der Waals surface area contributed by atoms with Gasteiger partial charge in [-0.15, -0.1) is 0 Å². The van der Waals surface area contributed by atoms with Gasteiger partial charge in [-0.3, -0.25) is 14.5 Å². The summed E-state index contributed by atoms with van der Waals surface area (Å²) in [7, 11) is 0. The summed E-state index contributed by atoms with van der Waals surface area (Å²) < 4.78 is 20.3. The Bertz CT molecular complexity index is 1130. The van der Waals surface area contributed by atoms with E-state index < -0.39 is 5.60 Å². The fraction of sp³-hybridized carbons (Fsp3) is 0.519. The van der Waals surface area contributed by atoms with E-state index in [-0.39, 0.29) is 29.6 Å². The summed E-state index contributed by atoms with van der Waals surface area (Å²) in [5.74, 6) is 0.917. The molecule has 0 bridgehead atoms. The van der Waals surface area contributed by atoms with E-state index in [2.05, 4.69) is 15.2 Å². The molecule has 36 heavy (non-hydrogen) atoms. The summed E-state index contributed by atoms with van der Waals surface area (Å²) in [6, 6.07) is 8.06. The van der Waals surface area contributed by atoms with E-state index in [1.807, 2.05) is 17.0 Å². The lowest BCUT2D eigenvalue weighted by molar-refractivity contribution is -0.141. The van der Waals surface area contributed by atoms with Crippen LogP contribution < -0.4 is 15.8 Å². The average molecular weight is 496 g/mol. The number of carbonyl (C=O) groups excluding carboxylic acids is 2. The number of anilines is 1. The first-order chi connectivity index (χ1) is 17.3. The molecule has 3 aliphatic heterocycles. The Labute approximate surface area is 211 Å². The SMILES string of the molecule is CC(=O)NC1CC2(CCN(C(=O)C3CCN(Cc4ccnc(N)c4)CC3)CC2)Oc2ccc(F)cc21. The van der Waals surface area contributed by atoms with Crippen molar-refractivity contribution in [1.29, 1.82) is 0 Å². The van der Waals surface area contributed by atoms with Crippen LogP contribution in [0.3, 0.4) is 0 Å². The van der Waals surface area contributed by atoms with Crippen LogP contribution in [0.15, 0.2) is 36.5 Å². The topological polar surface area (TPSA) is 101 Å². The molecule has 1 aromatic carbocycles. The zero-order chi connectivity index (χ0) is 25.3. The number of carbonyl (C=O) groups is 2. The molecule has 8 nitrogen and oxygen atoms in total. The van der Waals surface area contributed by atoms with Gasteiger partial charge < -0.3 is 20.7 Å². The minimum atomic E-state index is -0.468. The molecule has 1 atom stereocenters. The first-order valence-electron chi connectivity index (χ1n) is 12.8. The number of hydrogen-bond donors (Lipinski definition) is 2. The standard InChI is InChI=1S/C27H34FN5O3/c1-18(34)31-23-16-27(36-24-3-2-21(28)15-22(23)24)7-12-33(13-8-27)26(35)20-5-10-32(11-6-20)17-19-4-9-30-25(29)14-19/h2-4,9,14-15,20,23H,5-8,10-13,16-17H2,1H3,(H2,29,30)(H,31,34). The second kappa shape index (κ2) is 10.0. The van der Waals surface area contributed by atoms with Crippen LogP contribution in [0.1, 0.15) is 56.2 Å². The Morgan fingerprint density at radius 2 is 1.92 bits per heavy atom. The van der Waals surface area contributed by atoms with E-state index in [1.54, 1.807) is 12.3 Å². The third-order valence-corrected chi connectivity index (χ3v) is 7.80. The number of amides is 2. The third-order valence-electron chi connectivity index (χ3n) is 7.80. The predicted octanol–water partition coefficient (Wildman–Crippen LogP) is 3.04. The van der Waals surface area contributed by atoms with E-state index in [0.29, 0.717) is 49.5 Å². The average Bonchev–Trinajstić information content (AvgIpc) is 2.85. The lowest BCUT2D eigenvalue weighted by Gasteiger charge is -2.47. The number of ether oxygens (including phenoxy) is 1. The largest absolute Gasteiger partial charge is 0.487 e. The van der Waals surface area contributed by atoms with Crippen LogP contribution in [0.4, 0.5) is 10.2 Å². The highest BCUT2D eigenvalue weighted by Crippen LogP contribution is 2.44. The van der Waals surface area contributed by atoms with E-state index in [9.17, 15) is 14.0 Å². The molecule has 2 amide bonds. The summed E-state index contributed by atoms with van der Waals surface area (Å²) in [5.41, 5.74) is 7.15. The number of fused-ring (bicyclic) bond motifs is 1. The van der Waals surface area contributed by atoms with Gasteiger partial charge in [-0.25, -0.2) is 9.37 Å². The minimum Gasteiger partial charge on any atom is -0.487 e. The molecular weight excluding hydrogens is 461 g/mol. The second-order valence-corrected chi connectivity index (χ2v) is 10.4. The lowest BCUT2D eigenvalue weighted by Crippen LogP contribution is -2.54. The van der Waals surface area contributed by atoms with Crippen molar-refractivity contribution in [2.45, 2.75) is 57.2 Å². The maximum atomic E-state index is 13.9. The van der Waals surface area contributed by atoms with Crippen LogP contribution in [0.2, 0.25) is 0 Å². The first kappa shape index (κ1) is 24.5. The Hall–Kier alpha value is -3.20. The number of likely N-dealkylation sites (tertiary alicyclic amines) is 2. The molecule has 2 aromatic rings. The molecule has 192 valence electrons. The Kier molecular flexibility index (Phi) is 6.83. The zero-order valence-corrected chi connectivity index (χ0v) is 20.7. The smallest absolute Gasteiger partial charge is 0.225 e. The molecule has 9 heteroatoms. The van der Waals surface area contributed by atoms with Crippen molar-refractivity contribution in [2.75, 3.05) is 31.9 Å². The maximum absolute atomic E-state index is 13.9. The number of nitrogen functional groups attached to an aromatic ring is 1. The molecule has 5 rings (SSSR count). The number of nitrogens with one attached hydrogen (secondary N) is 1. The Balaban J connectivity index is 1.17. The van der Waals surface area contributed by atoms with E-state index in [4.69, 9.17) is 10.5 Å². The number of nitrogens with zero attached hydrogens (tertiary/aromatic N) is 3. The summed E-state index contributed by atoms with van der Waals surface area (Å²) in [6.45, 7) is 5.30. The molecule has 2 saturated heterocycles. The molecule has 1 aromatic heterocycles. The number of pyridine rings is 1. The van der Waals surface area contributed by atoms with Gasteiger partial charge in [-0.1, -0.05) is 0 Å². The number of halogens is 1. The predicted molar refractivity (Wildman–Crippen MR) is 133 cm³/mol.